The maximum absolute atomic E-state index is 11.7. The molecule has 14 heteroatoms. The zero-order valence-corrected chi connectivity index (χ0v) is 19.8. The summed E-state index contributed by atoms with van der Waals surface area (Å²) in [6.45, 7) is 2.13. The van der Waals surface area contributed by atoms with Crippen LogP contribution in [0.3, 0.4) is 0 Å². The zero-order chi connectivity index (χ0) is 24.1. The summed E-state index contributed by atoms with van der Waals surface area (Å²) in [6, 6.07) is 12.9. The average molecular weight is 512 g/mol. The number of hydrogen-bond donors (Lipinski definition) is 5. The van der Waals surface area contributed by atoms with E-state index in [2.05, 4.69) is 30.0 Å². The summed E-state index contributed by atoms with van der Waals surface area (Å²) in [5, 5.41) is 11.4. The number of nitrogens with two attached hydrogens (primary N) is 1. The molecule has 33 heavy (non-hydrogen) atoms. The average Bonchev–Trinajstić information content (AvgIpc) is 2.75. The number of rotatable bonds is 10. The molecule has 3 aromatic rings. The van der Waals surface area contributed by atoms with E-state index in [4.69, 9.17) is 16.7 Å². The normalized spacial score (nSPS) is 11.8. The van der Waals surface area contributed by atoms with Crippen molar-refractivity contribution < 1.29 is 16.8 Å². The fourth-order valence-electron chi connectivity index (χ4n) is 2.66. The van der Waals surface area contributed by atoms with Crippen LogP contribution in [-0.4, -0.2) is 33.3 Å². The van der Waals surface area contributed by atoms with Gasteiger partial charge < -0.3 is 10.6 Å². The molecule has 0 spiro atoms. The first-order valence-electron chi connectivity index (χ1n) is 9.58. The highest BCUT2D eigenvalue weighted by molar-refractivity contribution is 7.89. The second-order valence-corrected chi connectivity index (χ2v) is 10.3. The highest BCUT2D eigenvalue weighted by atomic mass is 35.5. The number of primary sulfonamides is 1. The molecule has 0 amide bonds. The molecule has 0 aliphatic heterocycles. The van der Waals surface area contributed by atoms with Crippen LogP contribution in [0.2, 0.25) is 5.02 Å². The molecule has 0 saturated heterocycles. The van der Waals surface area contributed by atoms with Crippen molar-refractivity contribution in [2.45, 2.75) is 18.4 Å². The van der Waals surface area contributed by atoms with Crippen LogP contribution >= 0.6 is 11.6 Å². The fourth-order valence-corrected chi connectivity index (χ4v) is 4.19. The molecule has 1 heterocycles. The number of nitrogens with one attached hydrogen (secondary N) is 4. The van der Waals surface area contributed by atoms with Gasteiger partial charge in [0.05, 0.1) is 11.1 Å². The van der Waals surface area contributed by atoms with Gasteiger partial charge >= 0.3 is 0 Å². The van der Waals surface area contributed by atoms with Gasteiger partial charge in [-0.25, -0.2) is 23.3 Å². The number of anilines is 4. The quantitative estimate of drug-likeness (QED) is 0.276. The van der Waals surface area contributed by atoms with E-state index in [-0.39, 0.29) is 22.4 Å². The molecule has 2 aromatic carbocycles. The maximum atomic E-state index is 11.7. The van der Waals surface area contributed by atoms with Crippen LogP contribution in [0.4, 0.5) is 23.1 Å². The summed E-state index contributed by atoms with van der Waals surface area (Å²) in [4.78, 5) is 8.37. The van der Waals surface area contributed by atoms with Gasteiger partial charge in [0.25, 0.3) is 10.2 Å². The molecule has 0 aliphatic rings. The van der Waals surface area contributed by atoms with E-state index in [1.807, 2.05) is 0 Å². The first-order valence-corrected chi connectivity index (χ1v) is 13.0. The van der Waals surface area contributed by atoms with Gasteiger partial charge in [0, 0.05) is 24.5 Å². The molecule has 1 aromatic heterocycles. The van der Waals surface area contributed by atoms with Crippen LogP contribution in [0.5, 0.6) is 0 Å². The van der Waals surface area contributed by atoms with Crippen molar-refractivity contribution in [3.8, 4) is 0 Å². The fraction of sp³-hybridized carbons (Fsp3) is 0.158. The highest BCUT2D eigenvalue weighted by Gasteiger charge is 2.11. The zero-order valence-electron chi connectivity index (χ0n) is 17.4. The van der Waals surface area contributed by atoms with Crippen molar-refractivity contribution >= 4 is 55.0 Å². The third kappa shape index (κ3) is 7.35. The van der Waals surface area contributed by atoms with E-state index >= 15 is 0 Å². The van der Waals surface area contributed by atoms with Crippen molar-refractivity contribution in [1.82, 2.24) is 19.4 Å². The van der Waals surface area contributed by atoms with Crippen molar-refractivity contribution in [1.29, 1.82) is 0 Å². The largest absolute Gasteiger partial charge is 0.339 e. The van der Waals surface area contributed by atoms with Crippen LogP contribution in [0.15, 0.2) is 59.6 Å². The number of halogens is 1. The molecule has 0 atom stereocenters. The van der Waals surface area contributed by atoms with Gasteiger partial charge in [-0.2, -0.15) is 18.1 Å². The van der Waals surface area contributed by atoms with E-state index < -0.39 is 20.2 Å². The van der Waals surface area contributed by atoms with Crippen molar-refractivity contribution in [2.75, 3.05) is 17.2 Å². The Morgan fingerprint density at radius 3 is 2.36 bits per heavy atom. The summed E-state index contributed by atoms with van der Waals surface area (Å²) < 4.78 is 51.2. The minimum absolute atomic E-state index is 0.0485. The number of sulfonamides is 1. The van der Waals surface area contributed by atoms with Gasteiger partial charge in [-0.3, -0.25) is 0 Å². The number of nitrogens with zero attached hydrogens (tertiary/aromatic N) is 2. The summed E-state index contributed by atoms with van der Waals surface area (Å²) >= 11 is 6.20. The second kappa shape index (κ2) is 10.4. The van der Waals surface area contributed by atoms with Crippen molar-refractivity contribution in [2.24, 2.45) is 5.14 Å². The Kier molecular flexibility index (Phi) is 7.84. The summed E-state index contributed by atoms with van der Waals surface area (Å²) in [7, 11) is -7.38. The Morgan fingerprint density at radius 1 is 0.970 bits per heavy atom. The second-order valence-electron chi connectivity index (χ2n) is 6.73. The molecule has 0 bridgehead atoms. The van der Waals surface area contributed by atoms with E-state index in [1.54, 1.807) is 37.3 Å². The predicted octanol–water partition coefficient (Wildman–Crippen LogP) is 2.21. The third-order valence-corrected chi connectivity index (χ3v) is 6.56. The number of aromatic nitrogens is 2. The molecule has 0 aliphatic carbocycles. The number of hydrogen-bond acceptors (Lipinski definition) is 8. The first kappa shape index (κ1) is 24.8. The lowest BCUT2D eigenvalue weighted by Gasteiger charge is -2.11. The smallest absolute Gasteiger partial charge is 0.277 e. The molecule has 3 rings (SSSR count). The lowest BCUT2D eigenvalue weighted by molar-refractivity contribution is 0.568. The van der Waals surface area contributed by atoms with Gasteiger partial charge in [0.2, 0.25) is 16.0 Å². The predicted molar refractivity (Wildman–Crippen MR) is 127 cm³/mol. The summed E-state index contributed by atoms with van der Waals surface area (Å²) in [5.74, 6) is 0.500. The Hall–Kier alpha value is -2.81. The Bertz CT molecular complexity index is 1330. The van der Waals surface area contributed by atoms with Gasteiger partial charge in [0.15, 0.2) is 5.82 Å². The van der Waals surface area contributed by atoms with Gasteiger partial charge in [-0.1, -0.05) is 36.7 Å². The van der Waals surface area contributed by atoms with Crippen LogP contribution in [0.25, 0.3) is 0 Å². The molecular formula is C19H22ClN7O4S2. The van der Waals surface area contributed by atoms with Gasteiger partial charge in [-0.05, 0) is 35.9 Å². The lowest BCUT2D eigenvalue weighted by atomic mass is 10.2. The molecule has 6 N–H and O–H groups in total. The van der Waals surface area contributed by atoms with E-state index in [1.165, 1.54) is 24.4 Å². The molecule has 0 fully saturated rings. The minimum Gasteiger partial charge on any atom is -0.339 e. The van der Waals surface area contributed by atoms with Crippen LogP contribution < -0.4 is 25.2 Å². The van der Waals surface area contributed by atoms with Gasteiger partial charge in [0.1, 0.15) is 5.02 Å². The standard InChI is InChI=1S/C19H22ClN7O4S2/c1-2-23-33(30,31)24-11-13-6-8-14(9-7-13)25-18-17(20)12-22-19(27-18)26-15-4-3-5-16(10-15)32(21,28)29/h3-10,12,23-24H,2,11H2,1H3,(H2,21,28,29)(H2,22,25,26,27). The maximum Gasteiger partial charge on any atom is 0.277 e. The Labute approximate surface area is 197 Å². The Morgan fingerprint density at radius 2 is 1.70 bits per heavy atom. The van der Waals surface area contributed by atoms with Crippen LogP contribution in [0.1, 0.15) is 12.5 Å². The summed E-state index contributed by atoms with van der Waals surface area (Å²) in [6.07, 6.45) is 1.40. The molecule has 11 nitrogen and oxygen atoms in total. The minimum atomic E-state index is -3.85. The SMILES string of the molecule is CCNS(=O)(=O)NCc1ccc(Nc2nc(Nc3cccc(S(N)(=O)=O)c3)ncc2Cl)cc1. The van der Waals surface area contributed by atoms with Crippen molar-refractivity contribution in [3.63, 3.8) is 0 Å². The van der Waals surface area contributed by atoms with Crippen molar-refractivity contribution in [3.05, 3.63) is 65.3 Å². The summed E-state index contributed by atoms with van der Waals surface area (Å²) in [5.41, 5.74) is 1.85. The topological polar surface area (TPSA) is 168 Å². The van der Waals surface area contributed by atoms with Crippen LogP contribution in [0, 0.1) is 0 Å². The van der Waals surface area contributed by atoms with E-state index in [0.29, 0.717) is 23.7 Å². The monoisotopic (exact) mass is 511 g/mol. The highest BCUT2D eigenvalue weighted by Crippen LogP contribution is 2.25. The molecule has 0 radical (unpaired) electrons. The number of benzene rings is 2. The Balaban J connectivity index is 1.70. The van der Waals surface area contributed by atoms with Crippen LogP contribution in [-0.2, 0) is 26.8 Å². The van der Waals surface area contributed by atoms with E-state index in [9.17, 15) is 16.8 Å². The molecular weight excluding hydrogens is 490 g/mol. The third-order valence-electron chi connectivity index (χ3n) is 4.18. The molecule has 176 valence electrons. The lowest BCUT2D eigenvalue weighted by Crippen LogP contribution is -2.35. The van der Waals surface area contributed by atoms with Gasteiger partial charge in [-0.15, -0.1) is 0 Å². The first-order chi connectivity index (χ1) is 15.6. The molecule has 0 saturated carbocycles. The van der Waals surface area contributed by atoms with E-state index in [0.717, 1.165) is 5.56 Å². The molecule has 0 unspecified atom stereocenters.